The van der Waals surface area contributed by atoms with Crippen molar-refractivity contribution in [3.8, 4) is 5.75 Å². The van der Waals surface area contributed by atoms with Gasteiger partial charge in [-0.3, -0.25) is 9.78 Å². The number of anilines is 2. The molecular weight excluding hydrogens is 440 g/mol. The third-order valence-corrected chi connectivity index (χ3v) is 6.22. The van der Waals surface area contributed by atoms with Crippen LogP contribution < -0.4 is 10.1 Å². The maximum absolute atomic E-state index is 13.7. The second kappa shape index (κ2) is 10.5. The molecule has 1 N–H and O–H groups in total. The van der Waals surface area contributed by atoms with E-state index in [1.807, 2.05) is 47.5 Å². The van der Waals surface area contributed by atoms with Gasteiger partial charge in [-0.2, -0.15) is 0 Å². The topological polar surface area (TPSA) is 76.6 Å². The number of methoxy groups -OCH3 is 1. The second-order valence-corrected chi connectivity index (χ2v) is 8.65. The zero-order valence-corrected chi connectivity index (χ0v) is 19.7. The van der Waals surface area contributed by atoms with Crippen molar-refractivity contribution in [3.63, 3.8) is 0 Å². The largest absolute Gasteiger partial charge is 0.497 e. The molecule has 0 spiro atoms. The molecule has 1 amide bonds. The number of carbonyl (C=O) groups excluding carboxylic acids is 1. The summed E-state index contributed by atoms with van der Waals surface area (Å²) >= 11 is 0. The van der Waals surface area contributed by atoms with E-state index in [9.17, 15) is 4.79 Å². The lowest BCUT2D eigenvalue weighted by molar-refractivity contribution is 0.0738. The summed E-state index contributed by atoms with van der Waals surface area (Å²) in [5, 5.41) is 4.40. The Bertz CT molecular complexity index is 1320. The highest BCUT2D eigenvalue weighted by molar-refractivity contribution is 5.99. The van der Waals surface area contributed by atoms with Crippen LogP contribution in [-0.4, -0.2) is 54.2 Å². The number of hydrogen-bond donors (Lipinski definition) is 1. The molecule has 178 valence electrons. The molecular formula is C28H28N4O3. The summed E-state index contributed by atoms with van der Waals surface area (Å²) in [6.45, 7) is 2.26. The third kappa shape index (κ3) is 5.25. The Morgan fingerprint density at radius 2 is 1.91 bits per heavy atom. The molecule has 0 radical (unpaired) electrons. The Morgan fingerprint density at radius 3 is 2.83 bits per heavy atom. The van der Waals surface area contributed by atoms with Gasteiger partial charge in [-0.15, -0.1) is 0 Å². The van der Waals surface area contributed by atoms with E-state index in [2.05, 4.69) is 39.6 Å². The van der Waals surface area contributed by atoms with Crippen molar-refractivity contribution in [3.05, 3.63) is 90.3 Å². The van der Waals surface area contributed by atoms with E-state index < -0.39 is 0 Å². The molecule has 1 aliphatic heterocycles. The molecule has 35 heavy (non-hydrogen) atoms. The van der Waals surface area contributed by atoms with Gasteiger partial charge in [-0.05, 0) is 42.3 Å². The minimum absolute atomic E-state index is 0.0601. The van der Waals surface area contributed by atoms with Gasteiger partial charge in [0, 0.05) is 48.5 Å². The molecule has 2 aromatic heterocycles. The molecule has 1 aliphatic rings. The van der Waals surface area contributed by atoms with E-state index in [4.69, 9.17) is 9.47 Å². The molecule has 5 rings (SSSR count). The number of rotatable bonds is 6. The predicted octanol–water partition coefficient (Wildman–Crippen LogP) is 4.71. The molecule has 0 saturated carbocycles. The van der Waals surface area contributed by atoms with Gasteiger partial charge in [-0.25, -0.2) is 4.98 Å². The third-order valence-electron chi connectivity index (χ3n) is 6.22. The van der Waals surface area contributed by atoms with Crippen molar-refractivity contribution in [2.45, 2.75) is 6.42 Å². The zero-order valence-electron chi connectivity index (χ0n) is 19.7. The van der Waals surface area contributed by atoms with Crippen LogP contribution in [-0.2, 0) is 11.2 Å². The van der Waals surface area contributed by atoms with Crippen molar-refractivity contribution in [2.24, 2.45) is 5.92 Å². The number of nitrogens with zero attached hydrogens (tertiary/aromatic N) is 3. The van der Waals surface area contributed by atoms with Crippen LogP contribution in [0, 0.1) is 5.92 Å². The number of ether oxygens (including phenoxy) is 2. The first-order chi connectivity index (χ1) is 17.2. The fraction of sp³-hybridized carbons (Fsp3) is 0.250. The summed E-state index contributed by atoms with van der Waals surface area (Å²) in [5.41, 5.74) is 3.52. The van der Waals surface area contributed by atoms with E-state index in [1.165, 1.54) is 5.56 Å². The lowest BCUT2D eigenvalue weighted by Crippen LogP contribution is -2.36. The van der Waals surface area contributed by atoms with Gasteiger partial charge in [0.1, 0.15) is 11.6 Å². The Balaban J connectivity index is 1.35. The Morgan fingerprint density at radius 1 is 1.09 bits per heavy atom. The van der Waals surface area contributed by atoms with Gasteiger partial charge >= 0.3 is 0 Å². The normalized spacial score (nSPS) is 16.0. The van der Waals surface area contributed by atoms with Crippen LogP contribution in [0.5, 0.6) is 5.75 Å². The van der Waals surface area contributed by atoms with Crippen molar-refractivity contribution in [1.82, 2.24) is 14.9 Å². The van der Waals surface area contributed by atoms with Crippen molar-refractivity contribution in [2.75, 3.05) is 38.7 Å². The molecule has 2 aromatic carbocycles. The van der Waals surface area contributed by atoms with Crippen LogP contribution in [0.2, 0.25) is 0 Å². The maximum Gasteiger partial charge on any atom is 0.257 e. The van der Waals surface area contributed by atoms with Crippen LogP contribution >= 0.6 is 0 Å². The summed E-state index contributed by atoms with van der Waals surface area (Å²) < 4.78 is 11.2. The fourth-order valence-electron chi connectivity index (χ4n) is 4.52. The van der Waals surface area contributed by atoms with Crippen LogP contribution in [0.25, 0.3) is 10.9 Å². The van der Waals surface area contributed by atoms with E-state index in [-0.39, 0.29) is 11.8 Å². The van der Waals surface area contributed by atoms with Crippen LogP contribution in [0.15, 0.2) is 79.1 Å². The molecule has 1 fully saturated rings. The van der Waals surface area contributed by atoms with Gasteiger partial charge in [-0.1, -0.05) is 30.3 Å². The van der Waals surface area contributed by atoms with Crippen molar-refractivity contribution < 1.29 is 14.3 Å². The highest BCUT2D eigenvalue weighted by Crippen LogP contribution is 2.25. The summed E-state index contributed by atoms with van der Waals surface area (Å²) in [4.78, 5) is 24.6. The Labute approximate surface area is 204 Å². The fourth-order valence-corrected chi connectivity index (χ4v) is 4.52. The van der Waals surface area contributed by atoms with Crippen LogP contribution in [0.1, 0.15) is 15.9 Å². The van der Waals surface area contributed by atoms with Crippen LogP contribution in [0.4, 0.5) is 11.5 Å². The van der Waals surface area contributed by atoms with Crippen molar-refractivity contribution in [1.29, 1.82) is 0 Å². The number of nitrogens with one attached hydrogen (secondary N) is 1. The Hall–Kier alpha value is -3.97. The standard InChI is InChI=1S/C28H28N4O3/c1-34-24-10-3-9-23(17-24)31-27-25(11-5-13-30-27)28(33)32-14-15-35-19-20(18-32)16-22-7-2-6-21-8-4-12-29-26(21)22/h2-13,17,20H,14-16,18-19H2,1H3,(H,30,31)/t20-/m0/s1. The summed E-state index contributed by atoms with van der Waals surface area (Å²) in [6, 6.07) is 21.4. The average Bonchev–Trinajstić information content (AvgIpc) is 3.14. The molecule has 1 atom stereocenters. The summed E-state index contributed by atoms with van der Waals surface area (Å²) in [5.74, 6) is 1.36. The molecule has 3 heterocycles. The quantitative estimate of drug-likeness (QED) is 0.442. The number of pyridine rings is 2. The predicted molar refractivity (Wildman–Crippen MR) is 136 cm³/mol. The minimum Gasteiger partial charge on any atom is -0.497 e. The van der Waals surface area contributed by atoms with Gasteiger partial charge < -0.3 is 19.7 Å². The van der Waals surface area contributed by atoms with Crippen LogP contribution in [0.3, 0.4) is 0 Å². The molecule has 1 saturated heterocycles. The molecule has 4 aromatic rings. The monoisotopic (exact) mass is 468 g/mol. The number of fused-ring (bicyclic) bond motifs is 1. The number of para-hydroxylation sites is 1. The minimum atomic E-state index is -0.0601. The van der Waals surface area contributed by atoms with E-state index >= 15 is 0 Å². The lowest BCUT2D eigenvalue weighted by atomic mass is 9.97. The smallest absolute Gasteiger partial charge is 0.257 e. The number of aromatic nitrogens is 2. The first-order valence-corrected chi connectivity index (χ1v) is 11.8. The van der Waals surface area contributed by atoms with E-state index in [1.54, 1.807) is 19.4 Å². The number of hydrogen-bond acceptors (Lipinski definition) is 6. The number of carbonyl (C=O) groups is 1. The first-order valence-electron chi connectivity index (χ1n) is 11.8. The molecule has 0 aliphatic carbocycles. The van der Waals surface area contributed by atoms with E-state index in [0.29, 0.717) is 37.7 Å². The lowest BCUT2D eigenvalue weighted by Gasteiger charge is -2.25. The highest BCUT2D eigenvalue weighted by Gasteiger charge is 2.26. The summed E-state index contributed by atoms with van der Waals surface area (Å²) in [7, 11) is 1.63. The Kier molecular flexibility index (Phi) is 6.86. The van der Waals surface area contributed by atoms with Gasteiger partial charge in [0.2, 0.25) is 0 Å². The maximum atomic E-state index is 13.7. The molecule has 7 heteroatoms. The van der Waals surface area contributed by atoms with Gasteiger partial charge in [0.15, 0.2) is 0 Å². The number of benzene rings is 2. The average molecular weight is 469 g/mol. The number of amides is 1. The second-order valence-electron chi connectivity index (χ2n) is 8.65. The van der Waals surface area contributed by atoms with Gasteiger partial charge in [0.25, 0.3) is 5.91 Å². The SMILES string of the molecule is COc1cccc(Nc2ncccc2C(=O)N2CCOC[C@@H](Cc3cccc4cccnc34)C2)c1. The highest BCUT2D eigenvalue weighted by atomic mass is 16.5. The van der Waals surface area contributed by atoms with Crippen molar-refractivity contribution >= 4 is 28.3 Å². The van der Waals surface area contributed by atoms with E-state index in [0.717, 1.165) is 28.8 Å². The van der Waals surface area contributed by atoms with Gasteiger partial charge in [0.05, 0.1) is 31.4 Å². The molecule has 0 unspecified atom stereocenters. The first kappa shape index (κ1) is 22.8. The summed E-state index contributed by atoms with van der Waals surface area (Å²) in [6.07, 6.45) is 4.30. The molecule has 0 bridgehead atoms. The molecule has 7 nitrogen and oxygen atoms in total. The zero-order chi connectivity index (χ0) is 24.0.